The molecule has 1 heterocycles. The molecule has 1 amide bonds. The molecule has 0 bridgehead atoms. The van der Waals surface area contributed by atoms with Gasteiger partial charge in [-0.15, -0.1) is 0 Å². The van der Waals surface area contributed by atoms with E-state index in [1.54, 1.807) is 11.0 Å². The minimum atomic E-state index is -0.248. The molecule has 0 aliphatic heterocycles. The summed E-state index contributed by atoms with van der Waals surface area (Å²) in [7, 11) is 1.52. The van der Waals surface area contributed by atoms with Crippen LogP contribution in [-0.4, -0.2) is 29.1 Å². The van der Waals surface area contributed by atoms with Crippen LogP contribution in [0.25, 0.3) is 0 Å². The molecule has 0 aliphatic rings. The van der Waals surface area contributed by atoms with Crippen molar-refractivity contribution in [2.45, 2.75) is 19.6 Å². The van der Waals surface area contributed by atoms with Crippen molar-refractivity contribution in [2.24, 2.45) is 0 Å². The summed E-state index contributed by atoms with van der Waals surface area (Å²) < 4.78 is 20.5. The number of halogens is 1. The van der Waals surface area contributed by atoms with Gasteiger partial charge in [-0.1, -0.05) is 42.5 Å². The van der Waals surface area contributed by atoms with Crippen molar-refractivity contribution >= 4 is 5.91 Å². The fourth-order valence-electron chi connectivity index (χ4n) is 3.03. The molecule has 0 fully saturated rings. The van der Waals surface area contributed by atoms with Gasteiger partial charge in [-0.3, -0.25) is 4.79 Å². The second-order valence-corrected chi connectivity index (χ2v) is 6.43. The highest BCUT2D eigenvalue weighted by molar-refractivity contribution is 5.77. The molecule has 4 nitrogen and oxygen atoms in total. The number of rotatable bonds is 8. The number of hydrogen-bond acceptors (Lipinski definition) is 2. The number of benzene rings is 2. The highest BCUT2D eigenvalue weighted by Gasteiger charge is 2.16. The average Bonchev–Trinajstić information content (AvgIpc) is 3.09. The van der Waals surface area contributed by atoms with Gasteiger partial charge in [0.1, 0.15) is 12.4 Å². The van der Waals surface area contributed by atoms with Crippen LogP contribution in [0.3, 0.4) is 0 Å². The van der Waals surface area contributed by atoms with E-state index in [2.05, 4.69) is 0 Å². The Balaban J connectivity index is 1.77. The Morgan fingerprint density at radius 2 is 1.78 bits per heavy atom. The smallest absolute Gasteiger partial charge is 0.249 e. The van der Waals surface area contributed by atoms with Crippen LogP contribution in [-0.2, 0) is 29.2 Å². The van der Waals surface area contributed by atoms with Gasteiger partial charge < -0.3 is 14.2 Å². The van der Waals surface area contributed by atoms with E-state index in [1.807, 2.05) is 59.3 Å². The lowest BCUT2D eigenvalue weighted by Crippen LogP contribution is -2.33. The maximum absolute atomic E-state index is 13.5. The summed E-state index contributed by atoms with van der Waals surface area (Å²) in [4.78, 5) is 14.3. The first kappa shape index (κ1) is 18.9. The Kier molecular flexibility index (Phi) is 6.39. The van der Waals surface area contributed by atoms with Crippen LogP contribution in [0.5, 0.6) is 0 Å². The van der Waals surface area contributed by atoms with Crippen molar-refractivity contribution < 1.29 is 13.9 Å². The lowest BCUT2D eigenvalue weighted by atomic mass is 10.2. The van der Waals surface area contributed by atoms with Gasteiger partial charge in [0.25, 0.3) is 0 Å². The zero-order valence-corrected chi connectivity index (χ0v) is 15.3. The standard InChI is InChI=1S/C22H23FN2O2/c1-27-17-22(26)25(14-18-7-3-2-4-8-18)16-21-11-6-12-24(21)15-19-9-5-10-20(23)13-19/h2-13H,14-17H2,1H3. The Morgan fingerprint density at radius 3 is 2.52 bits per heavy atom. The minimum Gasteiger partial charge on any atom is -0.375 e. The van der Waals surface area contributed by atoms with E-state index in [1.165, 1.54) is 19.2 Å². The highest BCUT2D eigenvalue weighted by atomic mass is 19.1. The molecule has 0 aliphatic carbocycles. The van der Waals surface area contributed by atoms with E-state index in [-0.39, 0.29) is 18.3 Å². The first-order valence-electron chi connectivity index (χ1n) is 8.85. The van der Waals surface area contributed by atoms with Crippen molar-refractivity contribution in [3.05, 3.63) is 95.6 Å². The maximum atomic E-state index is 13.5. The predicted octanol–water partition coefficient (Wildman–Crippen LogP) is 3.85. The van der Waals surface area contributed by atoms with Gasteiger partial charge >= 0.3 is 0 Å². The van der Waals surface area contributed by atoms with Gasteiger partial charge in [0.05, 0.1) is 6.54 Å². The number of amides is 1. The van der Waals surface area contributed by atoms with Crippen molar-refractivity contribution in [3.63, 3.8) is 0 Å². The maximum Gasteiger partial charge on any atom is 0.249 e. The fraction of sp³-hybridized carbons (Fsp3) is 0.227. The van der Waals surface area contributed by atoms with Gasteiger partial charge in [0.2, 0.25) is 5.91 Å². The third-order valence-corrected chi connectivity index (χ3v) is 4.36. The third kappa shape index (κ3) is 5.28. The van der Waals surface area contributed by atoms with E-state index in [0.29, 0.717) is 19.6 Å². The summed E-state index contributed by atoms with van der Waals surface area (Å²) in [6.45, 7) is 1.56. The molecule has 1 aromatic heterocycles. The van der Waals surface area contributed by atoms with E-state index in [9.17, 15) is 9.18 Å². The van der Waals surface area contributed by atoms with Crippen LogP contribution in [0.2, 0.25) is 0 Å². The number of methoxy groups -OCH3 is 1. The first-order chi connectivity index (χ1) is 13.2. The van der Waals surface area contributed by atoms with Crippen LogP contribution in [0.4, 0.5) is 4.39 Å². The van der Waals surface area contributed by atoms with Crippen LogP contribution in [0.15, 0.2) is 72.9 Å². The normalized spacial score (nSPS) is 10.7. The Morgan fingerprint density at radius 1 is 1.00 bits per heavy atom. The monoisotopic (exact) mass is 366 g/mol. The molecule has 0 radical (unpaired) electrons. The summed E-state index contributed by atoms with van der Waals surface area (Å²) in [6.07, 6.45) is 1.95. The predicted molar refractivity (Wildman–Crippen MR) is 103 cm³/mol. The van der Waals surface area contributed by atoms with Gasteiger partial charge in [-0.25, -0.2) is 4.39 Å². The lowest BCUT2D eigenvalue weighted by molar-refractivity contribution is -0.136. The van der Waals surface area contributed by atoms with E-state index < -0.39 is 0 Å². The fourth-order valence-corrected chi connectivity index (χ4v) is 3.03. The quantitative estimate of drug-likeness (QED) is 0.607. The lowest BCUT2D eigenvalue weighted by Gasteiger charge is -2.23. The summed E-state index contributed by atoms with van der Waals surface area (Å²) in [5, 5.41) is 0. The molecular formula is C22H23FN2O2. The SMILES string of the molecule is COCC(=O)N(Cc1ccccc1)Cc1cccn1Cc1cccc(F)c1. The van der Waals surface area contributed by atoms with E-state index >= 15 is 0 Å². The number of aromatic nitrogens is 1. The van der Waals surface area contributed by atoms with Gasteiger partial charge in [0, 0.05) is 32.1 Å². The molecule has 140 valence electrons. The van der Waals surface area contributed by atoms with Crippen molar-refractivity contribution in [3.8, 4) is 0 Å². The van der Waals surface area contributed by atoms with Crippen LogP contribution < -0.4 is 0 Å². The Bertz CT molecular complexity index is 877. The molecule has 0 N–H and O–H groups in total. The molecular weight excluding hydrogens is 343 g/mol. The number of carbonyl (C=O) groups excluding carboxylic acids is 1. The molecule has 0 spiro atoms. The molecule has 0 saturated carbocycles. The molecule has 0 saturated heterocycles. The molecule has 3 rings (SSSR count). The van der Waals surface area contributed by atoms with Crippen molar-refractivity contribution in [1.29, 1.82) is 0 Å². The molecule has 3 aromatic rings. The van der Waals surface area contributed by atoms with E-state index in [0.717, 1.165) is 16.8 Å². The number of nitrogens with zero attached hydrogens (tertiary/aromatic N) is 2. The molecule has 0 unspecified atom stereocenters. The average molecular weight is 366 g/mol. The van der Waals surface area contributed by atoms with E-state index in [4.69, 9.17) is 4.74 Å². The molecule has 5 heteroatoms. The van der Waals surface area contributed by atoms with Gasteiger partial charge in [0.15, 0.2) is 0 Å². The first-order valence-corrected chi connectivity index (χ1v) is 8.85. The number of ether oxygens (including phenoxy) is 1. The Labute approximate surface area is 158 Å². The summed E-state index contributed by atoms with van der Waals surface area (Å²) in [5.74, 6) is -0.318. The molecule has 27 heavy (non-hydrogen) atoms. The zero-order valence-electron chi connectivity index (χ0n) is 15.3. The van der Waals surface area contributed by atoms with Crippen LogP contribution in [0.1, 0.15) is 16.8 Å². The largest absolute Gasteiger partial charge is 0.375 e. The number of hydrogen-bond donors (Lipinski definition) is 0. The second-order valence-electron chi connectivity index (χ2n) is 6.43. The second kappa shape index (κ2) is 9.14. The third-order valence-electron chi connectivity index (χ3n) is 4.36. The number of carbonyl (C=O) groups is 1. The zero-order chi connectivity index (χ0) is 19.1. The summed E-state index contributed by atoms with van der Waals surface area (Å²) in [5.41, 5.74) is 2.93. The molecule has 0 atom stereocenters. The topological polar surface area (TPSA) is 34.5 Å². The highest BCUT2D eigenvalue weighted by Crippen LogP contribution is 2.14. The molecule has 2 aromatic carbocycles. The van der Waals surface area contributed by atoms with Gasteiger partial charge in [-0.2, -0.15) is 0 Å². The summed E-state index contributed by atoms with van der Waals surface area (Å²) in [6, 6.07) is 20.4. The van der Waals surface area contributed by atoms with Crippen LogP contribution >= 0.6 is 0 Å². The Hall–Kier alpha value is -2.92. The summed E-state index contributed by atoms with van der Waals surface area (Å²) >= 11 is 0. The van der Waals surface area contributed by atoms with Crippen molar-refractivity contribution in [1.82, 2.24) is 9.47 Å². The van der Waals surface area contributed by atoms with Gasteiger partial charge in [-0.05, 0) is 35.4 Å². The van der Waals surface area contributed by atoms with Crippen LogP contribution in [0, 0.1) is 5.82 Å². The van der Waals surface area contributed by atoms with Crippen molar-refractivity contribution in [2.75, 3.05) is 13.7 Å². The minimum absolute atomic E-state index is 0.0391.